The van der Waals surface area contributed by atoms with E-state index in [0.717, 1.165) is 58.2 Å². The van der Waals surface area contributed by atoms with E-state index in [1.165, 1.54) is 6.42 Å². The second kappa shape index (κ2) is 7.02. The van der Waals surface area contributed by atoms with Crippen LogP contribution < -0.4 is 10.5 Å². The van der Waals surface area contributed by atoms with Crippen LogP contribution in [-0.2, 0) is 10.0 Å². The van der Waals surface area contributed by atoms with Gasteiger partial charge < -0.3 is 10.6 Å². The molecule has 0 amide bonds. The molecule has 0 unspecified atom stereocenters. The van der Waals surface area contributed by atoms with Gasteiger partial charge in [0.25, 0.3) is 0 Å². The summed E-state index contributed by atoms with van der Waals surface area (Å²) in [6, 6.07) is 0.126. The molecule has 1 saturated heterocycles. The zero-order valence-electron chi connectivity index (χ0n) is 11.7. The summed E-state index contributed by atoms with van der Waals surface area (Å²) in [6.45, 7) is 3.50. The van der Waals surface area contributed by atoms with E-state index in [4.69, 9.17) is 5.73 Å². The Morgan fingerprint density at radius 2 is 1.68 bits per heavy atom. The van der Waals surface area contributed by atoms with Gasteiger partial charge in [0.1, 0.15) is 0 Å². The maximum absolute atomic E-state index is 12.3. The van der Waals surface area contributed by atoms with Gasteiger partial charge in [-0.15, -0.1) is 0 Å². The Morgan fingerprint density at radius 3 is 2.26 bits per heavy atom. The standard InChI is InChI=1S/C13H27N3O2S/c14-8-11-16-9-6-12(7-10-16)15-19(17,18)13-4-2-1-3-5-13/h12-13,15H,1-11,14H2. The van der Waals surface area contributed by atoms with E-state index >= 15 is 0 Å². The summed E-state index contributed by atoms with van der Waals surface area (Å²) in [5.74, 6) is 0. The second-order valence-corrected chi connectivity index (χ2v) is 7.82. The Hall–Kier alpha value is -0.170. The van der Waals surface area contributed by atoms with Gasteiger partial charge in [0, 0.05) is 19.1 Å². The molecule has 1 saturated carbocycles. The Labute approximate surface area is 117 Å². The van der Waals surface area contributed by atoms with Crippen LogP contribution in [0.25, 0.3) is 0 Å². The lowest BCUT2D eigenvalue weighted by molar-refractivity contribution is 0.212. The lowest BCUT2D eigenvalue weighted by Crippen LogP contribution is -2.48. The molecule has 2 aliphatic rings. The average molecular weight is 289 g/mol. The number of hydrogen-bond acceptors (Lipinski definition) is 4. The van der Waals surface area contributed by atoms with Gasteiger partial charge in [-0.25, -0.2) is 13.1 Å². The highest BCUT2D eigenvalue weighted by molar-refractivity contribution is 7.90. The number of hydrogen-bond donors (Lipinski definition) is 2. The van der Waals surface area contributed by atoms with Crippen LogP contribution in [0, 0.1) is 0 Å². The summed E-state index contributed by atoms with van der Waals surface area (Å²) in [5.41, 5.74) is 5.54. The monoisotopic (exact) mass is 289 g/mol. The van der Waals surface area contributed by atoms with E-state index in [-0.39, 0.29) is 11.3 Å². The number of sulfonamides is 1. The van der Waals surface area contributed by atoms with Crippen LogP contribution in [0.4, 0.5) is 0 Å². The van der Waals surface area contributed by atoms with Gasteiger partial charge in [0.15, 0.2) is 0 Å². The third-order valence-electron chi connectivity index (χ3n) is 4.35. The van der Waals surface area contributed by atoms with Crippen molar-refractivity contribution < 1.29 is 8.42 Å². The number of nitrogens with one attached hydrogen (secondary N) is 1. The van der Waals surface area contributed by atoms with E-state index in [9.17, 15) is 8.42 Å². The van der Waals surface area contributed by atoms with Crippen molar-refractivity contribution in [3.63, 3.8) is 0 Å². The zero-order chi connectivity index (χ0) is 13.7. The molecule has 0 aromatic heterocycles. The summed E-state index contributed by atoms with van der Waals surface area (Å²) in [4.78, 5) is 2.31. The molecule has 2 rings (SSSR count). The van der Waals surface area contributed by atoms with Crippen LogP contribution in [0.5, 0.6) is 0 Å². The summed E-state index contributed by atoms with van der Waals surface area (Å²) in [5, 5.41) is -0.150. The van der Waals surface area contributed by atoms with Crippen molar-refractivity contribution in [3.05, 3.63) is 0 Å². The first-order chi connectivity index (χ1) is 9.12. The first-order valence-corrected chi connectivity index (χ1v) is 9.10. The minimum Gasteiger partial charge on any atom is -0.329 e. The lowest BCUT2D eigenvalue weighted by Gasteiger charge is -2.33. The Bertz CT molecular complexity index is 358. The molecule has 1 heterocycles. The minimum atomic E-state index is -3.11. The maximum atomic E-state index is 12.3. The molecule has 1 aliphatic heterocycles. The van der Waals surface area contributed by atoms with Gasteiger partial charge in [-0.3, -0.25) is 0 Å². The molecule has 5 nitrogen and oxygen atoms in total. The fourth-order valence-electron chi connectivity index (χ4n) is 3.16. The predicted octanol–water partition coefficient (Wildman–Crippen LogP) is 0.662. The predicted molar refractivity (Wildman–Crippen MR) is 77.4 cm³/mol. The molecule has 3 N–H and O–H groups in total. The highest BCUT2D eigenvalue weighted by Gasteiger charge is 2.30. The van der Waals surface area contributed by atoms with Gasteiger partial charge in [-0.1, -0.05) is 19.3 Å². The zero-order valence-corrected chi connectivity index (χ0v) is 12.5. The summed E-state index contributed by atoms with van der Waals surface area (Å²) in [7, 11) is -3.11. The largest absolute Gasteiger partial charge is 0.329 e. The average Bonchev–Trinajstić information content (AvgIpc) is 2.42. The summed E-state index contributed by atoms with van der Waals surface area (Å²) >= 11 is 0. The first-order valence-electron chi connectivity index (χ1n) is 7.55. The Balaban J connectivity index is 1.80. The molecular formula is C13H27N3O2S. The molecule has 0 bridgehead atoms. The van der Waals surface area contributed by atoms with Crippen molar-refractivity contribution in [2.24, 2.45) is 5.73 Å². The number of likely N-dealkylation sites (tertiary alicyclic amines) is 1. The maximum Gasteiger partial charge on any atom is 0.214 e. The van der Waals surface area contributed by atoms with E-state index in [1.54, 1.807) is 0 Å². The third-order valence-corrected chi connectivity index (χ3v) is 6.37. The molecule has 0 aromatic rings. The van der Waals surface area contributed by atoms with E-state index in [0.29, 0.717) is 6.54 Å². The lowest BCUT2D eigenvalue weighted by atomic mass is 10.0. The molecule has 1 aliphatic carbocycles. The van der Waals surface area contributed by atoms with Crippen molar-refractivity contribution in [1.29, 1.82) is 0 Å². The number of nitrogens with two attached hydrogens (primary N) is 1. The van der Waals surface area contributed by atoms with Crippen molar-refractivity contribution in [3.8, 4) is 0 Å². The smallest absolute Gasteiger partial charge is 0.214 e. The van der Waals surface area contributed by atoms with Crippen LogP contribution in [0.3, 0.4) is 0 Å². The highest BCUT2D eigenvalue weighted by atomic mass is 32.2. The second-order valence-electron chi connectivity index (χ2n) is 5.83. The van der Waals surface area contributed by atoms with Crippen molar-refractivity contribution in [2.45, 2.75) is 56.2 Å². The molecular weight excluding hydrogens is 262 g/mol. The van der Waals surface area contributed by atoms with Gasteiger partial charge in [-0.2, -0.15) is 0 Å². The molecule has 112 valence electrons. The van der Waals surface area contributed by atoms with Crippen LogP contribution in [-0.4, -0.2) is 50.8 Å². The van der Waals surface area contributed by atoms with Crippen LogP contribution >= 0.6 is 0 Å². The van der Waals surface area contributed by atoms with Crippen LogP contribution in [0.15, 0.2) is 0 Å². The topological polar surface area (TPSA) is 75.4 Å². The minimum absolute atomic E-state index is 0.126. The molecule has 0 spiro atoms. The summed E-state index contributed by atoms with van der Waals surface area (Å²) < 4.78 is 27.6. The van der Waals surface area contributed by atoms with Crippen molar-refractivity contribution in [2.75, 3.05) is 26.2 Å². The normalized spacial score (nSPS) is 24.7. The molecule has 19 heavy (non-hydrogen) atoms. The molecule has 2 fully saturated rings. The van der Waals surface area contributed by atoms with Crippen molar-refractivity contribution >= 4 is 10.0 Å². The third kappa shape index (κ3) is 4.41. The van der Waals surface area contributed by atoms with Gasteiger partial charge in [0.05, 0.1) is 5.25 Å². The molecule has 0 radical (unpaired) electrons. The number of nitrogens with zero attached hydrogens (tertiary/aromatic N) is 1. The molecule has 0 aromatic carbocycles. The van der Waals surface area contributed by atoms with Gasteiger partial charge in [0.2, 0.25) is 10.0 Å². The highest BCUT2D eigenvalue weighted by Crippen LogP contribution is 2.24. The van der Waals surface area contributed by atoms with E-state index in [1.807, 2.05) is 0 Å². The van der Waals surface area contributed by atoms with E-state index < -0.39 is 10.0 Å². The Morgan fingerprint density at radius 1 is 1.05 bits per heavy atom. The SMILES string of the molecule is NCCN1CCC(NS(=O)(=O)C2CCCCC2)CC1. The first kappa shape index (κ1) is 15.2. The van der Waals surface area contributed by atoms with E-state index in [2.05, 4.69) is 9.62 Å². The van der Waals surface area contributed by atoms with Crippen LogP contribution in [0.2, 0.25) is 0 Å². The van der Waals surface area contributed by atoms with Crippen LogP contribution in [0.1, 0.15) is 44.9 Å². The number of piperidine rings is 1. The van der Waals surface area contributed by atoms with Gasteiger partial charge >= 0.3 is 0 Å². The van der Waals surface area contributed by atoms with Crippen molar-refractivity contribution in [1.82, 2.24) is 9.62 Å². The fourth-order valence-corrected chi connectivity index (χ4v) is 5.01. The quantitative estimate of drug-likeness (QED) is 0.780. The van der Waals surface area contributed by atoms with Gasteiger partial charge in [-0.05, 0) is 38.8 Å². The summed E-state index contributed by atoms with van der Waals surface area (Å²) in [6.07, 6.45) is 6.78. The molecule has 6 heteroatoms. The Kier molecular flexibility index (Phi) is 5.62. The fraction of sp³-hybridized carbons (Fsp3) is 1.00. The number of rotatable bonds is 5. The molecule has 0 atom stereocenters.